The van der Waals surface area contributed by atoms with Gasteiger partial charge in [-0.25, -0.2) is 8.42 Å². The monoisotopic (exact) mass is 478 g/mol. The molecule has 1 amide bonds. The average molecular weight is 479 g/mol. The fourth-order valence-corrected chi connectivity index (χ4v) is 5.44. The second-order valence-electron chi connectivity index (χ2n) is 7.06. The molecule has 8 heteroatoms. The highest BCUT2D eigenvalue weighted by Gasteiger charge is 2.32. The van der Waals surface area contributed by atoms with Crippen molar-refractivity contribution in [3.8, 4) is 0 Å². The van der Waals surface area contributed by atoms with Crippen molar-refractivity contribution < 1.29 is 13.2 Å². The highest BCUT2D eigenvalue weighted by Crippen LogP contribution is 2.37. The number of carbonyl (C=O) groups is 1. The minimum absolute atomic E-state index is 0.0206. The van der Waals surface area contributed by atoms with Crippen molar-refractivity contribution in [2.75, 3.05) is 22.5 Å². The highest BCUT2D eigenvalue weighted by atomic mass is 79.9. The maximum atomic E-state index is 13.3. The van der Waals surface area contributed by atoms with Gasteiger partial charge in [0.1, 0.15) is 0 Å². The standard InChI is InChI=1S/C20H19BrN2O3S2/c1-12-8-13-9-15(21)4-6-17(13)23(12)20(24)19-11-14-10-16(5-7-18(14)27-19)22(2)28(3,25)26/h4-7,9-12H,8H2,1-3H3. The van der Waals surface area contributed by atoms with Crippen molar-refractivity contribution in [3.05, 3.63) is 57.4 Å². The Bertz CT molecular complexity index is 1200. The number of fused-ring (bicyclic) bond motifs is 2. The van der Waals surface area contributed by atoms with E-state index in [0.717, 1.165) is 32.2 Å². The highest BCUT2D eigenvalue weighted by molar-refractivity contribution is 9.10. The quantitative estimate of drug-likeness (QED) is 0.550. The van der Waals surface area contributed by atoms with E-state index >= 15 is 0 Å². The summed E-state index contributed by atoms with van der Waals surface area (Å²) in [6.45, 7) is 2.05. The number of halogens is 1. The SMILES string of the molecule is CC1Cc2cc(Br)ccc2N1C(=O)c1cc2cc(N(C)S(C)(=O)=O)ccc2s1. The second kappa shape index (κ2) is 6.86. The molecule has 0 spiro atoms. The van der Waals surface area contributed by atoms with E-state index in [9.17, 15) is 13.2 Å². The normalized spacial score (nSPS) is 16.4. The first-order valence-corrected chi connectivity index (χ1v) is 12.2. The van der Waals surface area contributed by atoms with E-state index in [-0.39, 0.29) is 11.9 Å². The molecule has 0 saturated heterocycles. The fourth-order valence-electron chi connectivity index (χ4n) is 3.55. The molecule has 146 valence electrons. The fraction of sp³-hybridized carbons (Fsp3) is 0.250. The van der Waals surface area contributed by atoms with Crippen LogP contribution >= 0.6 is 27.3 Å². The van der Waals surface area contributed by atoms with Crippen LogP contribution in [0.25, 0.3) is 10.1 Å². The van der Waals surface area contributed by atoms with Gasteiger partial charge < -0.3 is 4.90 Å². The van der Waals surface area contributed by atoms with E-state index in [1.165, 1.54) is 28.9 Å². The van der Waals surface area contributed by atoms with E-state index in [4.69, 9.17) is 0 Å². The maximum Gasteiger partial charge on any atom is 0.268 e. The van der Waals surface area contributed by atoms with Gasteiger partial charge >= 0.3 is 0 Å². The molecule has 2 heterocycles. The molecule has 2 aromatic carbocycles. The van der Waals surface area contributed by atoms with Crippen molar-refractivity contribution in [2.24, 2.45) is 0 Å². The topological polar surface area (TPSA) is 57.7 Å². The van der Waals surface area contributed by atoms with Gasteiger partial charge in [0, 0.05) is 27.9 Å². The number of hydrogen-bond acceptors (Lipinski definition) is 4. The Hall–Kier alpha value is -1.90. The van der Waals surface area contributed by atoms with Gasteiger partial charge in [-0.1, -0.05) is 15.9 Å². The number of nitrogens with zero attached hydrogens (tertiary/aromatic N) is 2. The minimum Gasteiger partial charge on any atom is -0.304 e. The molecule has 1 aliphatic rings. The van der Waals surface area contributed by atoms with Crippen molar-refractivity contribution in [1.29, 1.82) is 0 Å². The Balaban J connectivity index is 1.71. The lowest BCUT2D eigenvalue weighted by Crippen LogP contribution is -2.35. The molecule has 0 aliphatic carbocycles. The Morgan fingerprint density at radius 1 is 1.21 bits per heavy atom. The molecule has 0 radical (unpaired) electrons. The smallest absolute Gasteiger partial charge is 0.268 e. The summed E-state index contributed by atoms with van der Waals surface area (Å²) in [5, 5.41) is 0.865. The van der Waals surface area contributed by atoms with Crippen LogP contribution in [0.2, 0.25) is 0 Å². The van der Waals surface area contributed by atoms with E-state index < -0.39 is 10.0 Å². The number of benzene rings is 2. The van der Waals surface area contributed by atoms with Crippen LogP contribution < -0.4 is 9.21 Å². The van der Waals surface area contributed by atoms with Crippen LogP contribution in [-0.4, -0.2) is 33.7 Å². The number of anilines is 2. The predicted molar refractivity (Wildman–Crippen MR) is 119 cm³/mol. The van der Waals surface area contributed by atoms with Crippen LogP contribution in [-0.2, 0) is 16.4 Å². The van der Waals surface area contributed by atoms with E-state index in [1.54, 1.807) is 6.07 Å². The van der Waals surface area contributed by atoms with Gasteiger partial charge in [-0.2, -0.15) is 0 Å². The summed E-state index contributed by atoms with van der Waals surface area (Å²) in [6, 6.07) is 13.4. The van der Waals surface area contributed by atoms with Gasteiger partial charge in [0.25, 0.3) is 5.91 Å². The molecule has 5 nitrogen and oxygen atoms in total. The molecule has 1 atom stereocenters. The molecule has 1 aromatic heterocycles. The van der Waals surface area contributed by atoms with Gasteiger partial charge in [-0.05, 0) is 66.8 Å². The summed E-state index contributed by atoms with van der Waals surface area (Å²) in [5.74, 6) is -0.0206. The zero-order valence-corrected chi connectivity index (χ0v) is 18.9. The molecule has 0 bridgehead atoms. The lowest BCUT2D eigenvalue weighted by molar-refractivity contribution is 0.0985. The number of thiophene rings is 1. The number of rotatable bonds is 3. The van der Waals surface area contributed by atoms with Crippen LogP contribution in [0.4, 0.5) is 11.4 Å². The van der Waals surface area contributed by atoms with E-state index in [2.05, 4.69) is 28.9 Å². The summed E-state index contributed by atoms with van der Waals surface area (Å²) in [4.78, 5) is 15.8. The first-order chi connectivity index (χ1) is 13.1. The zero-order chi connectivity index (χ0) is 20.2. The Morgan fingerprint density at radius 3 is 2.68 bits per heavy atom. The summed E-state index contributed by atoms with van der Waals surface area (Å²) in [5.41, 5.74) is 2.69. The third-order valence-corrected chi connectivity index (χ3v) is 7.85. The van der Waals surface area contributed by atoms with E-state index in [1.807, 2.05) is 35.2 Å². The van der Waals surface area contributed by atoms with Crippen molar-refractivity contribution in [3.63, 3.8) is 0 Å². The third kappa shape index (κ3) is 3.33. The number of hydrogen-bond donors (Lipinski definition) is 0. The molecule has 3 aromatic rings. The zero-order valence-electron chi connectivity index (χ0n) is 15.6. The summed E-state index contributed by atoms with van der Waals surface area (Å²) < 4.78 is 26.8. The average Bonchev–Trinajstić information content (AvgIpc) is 3.18. The Morgan fingerprint density at radius 2 is 1.96 bits per heavy atom. The molecular weight excluding hydrogens is 460 g/mol. The van der Waals surface area contributed by atoms with Gasteiger partial charge in [-0.15, -0.1) is 11.3 Å². The second-order valence-corrected chi connectivity index (χ2v) is 11.1. The summed E-state index contributed by atoms with van der Waals surface area (Å²) in [7, 11) is -1.81. The van der Waals surface area contributed by atoms with Crippen LogP contribution in [0.1, 0.15) is 22.2 Å². The summed E-state index contributed by atoms with van der Waals surface area (Å²) in [6.07, 6.45) is 2.00. The molecule has 1 aliphatic heterocycles. The maximum absolute atomic E-state index is 13.3. The lowest BCUT2D eigenvalue weighted by atomic mass is 10.1. The third-order valence-electron chi connectivity index (χ3n) is 5.05. The first-order valence-electron chi connectivity index (χ1n) is 8.74. The van der Waals surface area contributed by atoms with Gasteiger partial charge in [0.15, 0.2) is 0 Å². The summed E-state index contributed by atoms with van der Waals surface area (Å²) >= 11 is 4.93. The molecular formula is C20H19BrN2O3S2. The van der Waals surface area contributed by atoms with Crippen LogP contribution in [0.5, 0.6) is 0 Å². The number of sulfonamides is 1. The lowest BCUT2D eigenvalue weighted by Gasteiger charge is -2.22. The van der Waals surface area contributed by atoms with Crippen molar-refractivity contribution in [2.45, 2.75) is 19.4 Å². The number of carbonyl (C=O) groups excluding carboxylic acids is 1. The van der Waals surface area contributed by atoms with Crippen molar-refractivity contribution >= 4 is 64.7 Å². The molecule has 0 fully saturated rings. The van der Waals surface area contributed by atoms with Crippen LogP contribution in [0.15, 0.2) is 46.9 Å². The van der Waals surface area contributed by atoms with Gasteiger partial charge in [0.05, 0.1) is 16.8 Å². The molecule has 4 rings (SSSR count). The van der Waals surface area contributed by atoms with Gasteiger partial charge in [0.2, 0.25) is 10.0 Å². The van der Waals surface area contributed by atoms with Crippen LogP contribution in [0, 0.1) is 0 Å². The Kier molecular flexibility index (Phi) is 4.76. The van der Waals surface area contributed by atoms with E-state index in [0.29, 0.717) is 10.6 Å². The van der Waals surface area contributed by atoms with Crippen LogP contribution in [0.3, 0.4) is 0 Å². The van der Waals surface area contributed by atoms with Gasteiger partial charge in [-0.3, -0.25) is 9.10 Å². The molecule has 0 saturated carbocycles. The predicted octanol–water partition coefficient (Wildman–Crippen LogP) is 4.65. The number of amides is 1. The van der Waals surface area contributed by atoms with Crippen molar-refractivity contribution in [1.82, 2.24) is 0 Å². The molecule has 0 N–H and O–H groups in total. The first kappa shape index (κ1) is 19.4. The Labute approximate surface area is 176 Å². The minimum atomic E-state index is -3.33. The molecule has 1 unspecified atom stereocenters. The molecule has 28 heavy (non-hydrogen) atoms. The largest absolute Gasteiger partial charge is 0.304 e.